The Labute approximate surface area is 143 Å². The number of hydrogen-bond acceptors (Lipinski definition) is 3. The summed E-state index contributed by atoms with van der Waals surface area (Å²) in [6.07, 6.45) is 0.00120. The molecule has 0 saturated heterocycles. The zero-order valence-electron chi connectivity index (χ0n) is 13.0. The van der Waals surface area contributed by atoms with E-state index in [4.69, 9.17) is 4.74 Å². The van der Waals surface area contributed by atoms with Crippen LogP contribution < -0.4 is 15.4 Å². The van der Waals surface area contributed by atoms with Gasteiger partial charge in [0.15, 0.2) is 0 Å². The largest absolute Gasteiger partial charge is 0.496 e. The summed E-state index contributed by atoms with van der Waals surface area (Å²) in [6.45, 7) is 2.05. The van der Waals surface area contributed by atoms with Gasteiger partial charge in [-0.1, -0.05) is 40.2 Å². The first kappa shape index (κ1) is 14.4. The highest BCUT2D eigenvalue weighted by Crippen LogP contribution is 2.40. The summed E-state index contributed by atoms with van der Waals surface area (Å²) in [5.74, 6) is 0.884. The minimum atomic E-state index is 0.00120. The lowest BCUT2D eigenvalue weighted by Crippen LogP contribution is -2.23. The quantitative estimate of drug-likeness (QED) is 0.630. The molecule has 0 saturated carbocycles. The van der Waals surface area contributed by atoms with Crippen LogP contribution in [0.1, 0.15) is 17.3 Å². The Morgan fingerprint density at radius 1 is 1.00 bits per heavy atom. The van der Waals surface area contributed by atoms with Gasteiger partial charge in [0.05, 0.1) is 7.11 Å². The van der Waals surface area contributed by atoms with Crippen molar-refractivity contribution in [3.63, 3.8) is 0 Å². The van der Waals surface area contributed by atoms with E-state index >= 15 is 0 Å². The maximum absolute atomic E-state index is 5.50. The Morgan fingerprint density at radius 3 is 2.26 bits per heavy atom. The number of benzene rings is 3. The van der Waals surface area contributed by atoms with Gasteiger partial charge in [-0.05, 0) is 42.1 Å². The van der Waals surface area contributed by atoms with Crippen molar-refractivity contribution in [1.82, 2.24) is 0 Å². The molecule has 1 aliphatic rings. The van der Waals surface area contributed by atoms with Gasteiger partial charge in [0.1, 0.15) is 11.9 Å². The highest BCUT2D eigenvalue weighted by Gasteiger charge is 2.21. The highest BCUT2D eigenvalue weighted by atomic mass is 79.9. The van der Waals surface area contributed by atoms with Crippen LogP contribution in [0.15, 0.2) is 53.0 Å². The zero-order valence-corrected chi connectivity index (χ0v) is 14.6. The number of nitrogens with one attached hydrogen (secondary N) is 2. The fourth-order valence-corrected chi connectivity index (χ4v) is 3.61. The Balaban J connectivity index is 1.80. The van der Waals surface area contributed by atoms with Crippen LogP contribution in [0, 0.1) is 6.92 Å². The molecular weight excluding hydrogens is 352 g/mol. The molecule has 0 aromatic heterocycles. The average Bonchev–Trinajstić information content (AvgIpc) is 2.57. The minimum Gasteiger partial charge on any atom is -0.496 e. The third-order valence-electron chi connectivity index (χ3n) is 4.38. The van der Waals surface area contributed by atoms with Crippen LogP contribution in [0.25, 0.3) is 10.8 Å². The molecule has 1 aliphatic heterocycles. The standard InChI is InChI=1S/C19H17BrN2O/c1-11-14(20)9-13(10-17(11)23-2)19-21-15-7-3-5-12-6-4-8-16(22-19)18(12)15/h3-10,19,21-22H,1-2H3. The molecule has 0 atom stereocenters. The molecule has 0 amide bonds. The van der Waals surface area contributed by atoms with Crippen LogP contribution in [-0.4, -0.2) is 7.11 Å². The van der Waals surface area contributed by atoms with Crippen molar-refractivity contribution in [2.45, 2.75) is 13.1 Å². The van der Waals surface area contributed by atoms with E-state index in [0.29, 0.717) is 0 Å². The summed E-state index contributed by atoms with van der Waals surface area (Å²) in [5, 5.41) is 9.65. The van der Waals surface area contributed by atoms with Crippen LogP contribution in [-0.2, 0) is 0 Å². The molecule has 116 valence electrons. The van der Waals surface area contributed by atoms with Gasteiger partial charge < -0.3 is 15.4 Å². The molecule has 0 fully saturated rings. The zero-order chi connectivity index (χ0) is 16.0. The van der Waals surface area contributed by atoms with Crippen molar-refractivity contribution >= 4 is 38.1 Å². The lowest BCUT2D eigenvalue weighted by atomic mass is 10.0. The number of rotatable bonds is 2. The molecule has 2 N–H and O–H groups in total. The summed E-state index contributed by atoms with van der Waals surface area (Å²) in [4.78, 5) is 0. The van der Waals surface area contributed by atoms with E-state index in [9.17, 15) is 0 Å². The second kappa shape index (κ2) is 5.46. The molecule has 3 aromatic carbocycles. The van der Waals surface area contributed by atoms with Crippen LogP contribution in [0.4, 0.5) is 11.4 Å². The van der Waals surface area contributed by atoms with Crippen molar-refractivity contribution in [1.29, 1.82) is 0 Å². The SMILES string of the molecule is COc1cc(C2Nc3cccc4cccc(c34)N2)cc(Br)c1C. The predicted octanol–water partition coefficient (Wildman–Crippen LogP) is 5.46. The van der Waals surface area contributed by atoms with Gasteiger partial charge in [-0.15, -0.1) is 0 Å². The van der Waals surface area contributed by atoms with E-state index in [0.717, 1.165) is 32.7 Å². The molecule has 0 unspecified atom stereocenters. The number of methoxy groups -OCH3 is 1. The third-order valence-corrected chi connectivity index (χ3v) is 5.20. The average molecular weight is 369 g/mol. The number of halogens is 1. The van der Waals surface area contributed by atoms with E-state index in [1.165, 1.54) is 10.8 Å². The van der Waals surface area contributed by atoms with E-state index in [1.807, 2.05) is 6.92 Å². The molecule has 23 heavy (non-hydrogen) atoms. The molecule has 1 heterocycles. The Kier molecular flexibility index (Phi) is 3.42. The molecule has 3 nitrogen and oxygen atoms in total. The molecule has 0 radical (unpaired) electrons. The first-order valence-corrected chi connectivity index (χ1v) is 8.35. The molecule has 0 aliphatic carbocycles. The maximum atomic E-state index is 5.50. The number of ether oxygens (including phenoxy) is 1. The van der Waals surface area contributed by atoms with Gasteiger partial charge in [-0.3, -0.25) is 0 Å². The first-order valence-electron chi connectivity index (χ1n) is 7.56. The second-order valence-electron chi connectivity index (χ2n) is 5.76. The van der Waals surface area contributed by atoms with Gasteiger partial charge in [-0.2, -0.15) is 0 Å². The molecule has 0 spiro atoms. The van der Waals surface area contributed by atoms with Crippen molar-refractivity contribution in [3.05, 3.63) is 64.1 Å². The van der Waals surface area contributed by atoms with Gasteiger partial charge >= 0.3 is 0 Å². The first-order chi connectivity index (χ1) is 11.2. The fourth-order valence-electron chi connectivity index (χ4n) is 3.15. The maximum Gasteiger partial charge on any atom is 0.123 e. The van der Waals surface area contributed by atoms with Crippen LogP contribution >= 0.6 is 15.9 Å². The molecule has 3 aromatic rings. The van der Waals surface area contributed by atoms with Crippen molar-refractivity contribution in [2.75, 3.05) is 17.7 Å². The summed E-state index contributed by atoms with van der Waals surface area (Å²) >= 11 is 3.63. The third kappa shape index (κ3) is 2.34. The molecular formula is C19H17BrN2O. The van der Waals surface area contributed by atoms with Gasteiger partial charge in [-0.25, -0.2) is 0 Å². The summed E-state index contributed by atoms with van der Waals surface area (Å²) in [7, 11) is 1.70. The highest BCUT2D eigenvalue weighted by molar-refractivity contribution is 9.10. The second-order valence-corrected chi connectivity index (χ2v) is 6.62. The smallest absolute Gasteiger partial charge is 0.123 e. The van der Waals surface area contributed by atoms with E-state index in [-0.39, 0.29) is 6.17 Å². The molecule has 4 rings (SSSR count). The topological polar surface area (TPSA) is 33.3 Å². The van der Waals surface area contributed by atoms with E-state index in [2.05, 4.69) is 75.1 Å². The number of anilines is 2. The predicted molar refractivity (Wildman–Crippen MR) is 99.4 cm³/mol. The molecule has 4 heteroatoms. The summed E-state index contributed by atoms with van der Waals surface area (Å²) in [5.41, 5.74) is 4.54. The number of hydrogen-bond donors (Lipinski definition) is 2. The van der Waals surface area contributed by atoms with Crippen molar-refractivity contribution in [3.8, 4) is 5.75 Å². The van der Waals surface area contributed by atoms with E-state index in [1.54, 1.807) is 7.11 Å². The summed E-state index contributed by atoms with van der Waals surface area (Å²) < 4.78 is 6.55. The van der Waals surface area contributed by atoms with Crippen LogP contribution in [0.5, 0.6) is 5.75 Å². The van der Waals surface area contributed by atoms with Crippen LogP contribution in [0.3, 0.4) is 0 Å². The minimum absolute atomic E-state index is 0.00120. The monoisotopic (exact) mass is 368 g/mol. The lowest BCUT2D eigenvalue weighted by molar-refractivity contribution is 0.410. The van der Waals surface area contributed by atoms with Crippen molar-refractivity contribution in [2.24, 2.45) is 0 Å². The Hall–Kier alpha value is -2.20. The van der Waals surface area contributed by atoms with Gasteiger partial charge in [0.2, 0.25) is 0 Å². The lowest BCUT2D eigenvalue weighted by Gasteiger charge is -2.30. The Bertz CT molecular complexity index is 867. The Morgan fingerprint density at radius 2 is 1.65 bits per heavy atom. The van der Waals surface area contributed by atoms with Crippen molar-refractivity contribution < 1.29 is 4.74 Å². The van der Waals surface area contributed by atoms with Gasteiger partial charge in [0, 0.05) is 26.8 Å². The molecule has 0 bridgehead atoms. The summed E-state index contributed by atoms with van der Waals surface area (Å²) in [6, 6.07) is 16.9. The van der Waals surface area contributed by atoms with E-state index < -0.39 is 0 Å². The fraction of sp³-hybridized carbons (Fsp3) is 0.158. The normalized spacial score (nSPS) is 13.5. The van der Waals surface area contributed by atoms with Gasteiger partial charge in [0.25, 0.3) is 0 Å². The van der Waals surface area contributed by atoms with Crippen LogP contribution in [0.2, 0.25) is 0 Å².